The Morgan fingerprint density at radius 1 is 1.71 bits per heavy atom. The lowest BCUT2D eigenvalue weighted by Crippen LogP contribution is -2.46. The van der Waals surface area contributed by atoms with Crippen molar-refractivity contribution in [2.45, 2.75) is 26.2 Å². The third-order valence-electron chi connectivity index (χ3n) is 2.60. The summed E-state index contributed by atoms with van der Waals surface area (Å²) < 4.78 is 5.01. The molecule has 0 bridgehead atoms. The lowest BCUT2D eigenvalue weighted by molar-refractivity contribution is -0.156. The number of esters is 1. The Kier molecular flexibility index (Phi) is 3.90. The van der Waals surface area contributed by atoms with Crippen LogP contribution < -0.4 is 5.32 Å². The number of piperidine rings is 1. The number of nitrogens with one attached hydrogen (secondary N) is 1. The van der Waals surface area contributed by atoms with E-state index in [0.717, 1.165) is 19.4 Å². The molecule has 1 N–H and O–H groups in total. The van der Waals surface area contributed by atoms with Crippen molar-refractivity contribution < 1.29 is 9.53 Å². The van der Waals surface area contributed by atoms with Gasteiger partial charge in [0.1, 0.15) is 0 Å². The van der Waals surface area contributed by atoms with Gasteiger partial charge in [0.15, 0.2) is 0 Å². The van der Waals surface area contributed by atoms with E-state index in [9.17, 15) is 4.79 Å². The third kappa shape index (κ3) is 2.24. The molecule has 1 saturated heterocycles. The fourth-order valence-electron chi connectivity index (χ4n) is 1.80. The number of hydrogen-bond acceptors (Lipinski definition) is 4. The van der Waals surface area contributed by atoms with Crippen LogP contribution in [0.25, 0.3) is 0 Å². The first-order valence-corrected chi connectivity index (χ1v) is 5.00. The van der Waals surface area contributed by atoms with Gasteiger partial charge in [-0.05, 0) is 26.3 Å². The van der Waals surface area contributed by atoms with E-state index in [4.69, 9.17) is 10.00 Å². The molecule has 0 amide bonds. The number of rotatable bonds is 3. The summed E-state index contributed by atoms with van der Waals surface area (Å²) in [5, 5.41) is 11.9. The first-order valence-electron chi connectivity index (χ1n) is 5.00. The predicted molar refractivity (Wildman–Crippen MR) is 51.4 cm³/mol. The molecule has 1 heterocycles. The zero-order valence-corrected chi connectivity index (χ0v) is 8.51. The molecule has 78 valence electrons. The minimum Gasteiger partial charge on any atom is -0.465 e. The number of nitriles is 1. The van der Waals surface area contributed by atoms with E-state index < -0.39 is 5.41 Å². The fraction of sp³-hybridized carbons (Fsp3) is 0.800. The standard InChI is InChI=1S/C10H16N2O2/c1-2-14-9(13)10(5-6-11)4-3-7-12-8-10/h12H,2-5,7-8H2,1H3. The van der Waals surface area contributed by atoms with Crippen LogP contribution in [0, 0.1) is 16.7 Å². The smallest absolute Gasteiger partial charge is 0.314 e. The molecule has 1 unspecified atom stereocenters. The van der Waals surface area contributed by atoms with E-state index in [1.807, 2.05) is 0 Å². The highest BCUT2D eigenvalue weighted by molar-refractivity contribution is 5.77. The average Bonchev–Trinajstić information content (AvgIpc) is 2.20. The van der Waals surface area contributed by atoms with Crippen molar-refractivity contribution in [3.8, 4) is 6.07 Å². The maximum absolute atomic E-state index is 11.7. The fourth-order valence-corrected chi connectivity index (χ4v) is 1.80. The molecule has 1 aliphatic rings. The zero-order valence-electron chi connectivity index (χ0n) is 8.51. The van der Waals surface area contributed by atoms with Crippen molar-refractivity contribution in [1.29, 1.82) is 5.26 Å². The number of nitrogens with zero attached hydrogens (tertiary/aromatic N) is 1. The second-order valence-corrected chi connectivity index (χ2v) is 3.62. The van der Waals surface area contributed by atoms with E-state index >= 15 is 0 Å². The van der Waals surface area contributed by atoms with Gasteiger partial charge < -0.3 is 10.1 Å². The minimum absolute atomic E-state index is 0.228. The molecule has 0 radical (unpaired) electrons. The highest BCUT2D eigenvalue weighted by Crippen LogP contribution is 2.31. The van der Waals surface area contributed by atoms with Crippen molar-refractivity contribution >= 4 is 5.97 Å². The van der Waals surface area contributed by atoms with Crippen LogP contribution in [0.2, 0.25) is 0 Å². The van der Waals surface area contributed by atoms with Crippen LogP contribution in [0.1, 0.15) is 26.2 Å². The van der Waals surface area contributed by atoms with Gasteiger partial charge in [-0.3, -0.25) is 4.79 Å². The van der Waals surface area contributed by atoms with Crippen LogP contribution in [0.5, 0.6) is 0 Å². The summed E-state index contributed by atoms with van der Waals surface area (Å²) in [5.41, 5.74) is -0.594. The van der Waals surface area contributed by atoms with Crippen LogP contribution in [-0.2, 0) is 9.53 Å². The Bertz CT molecular complexity index is 239. The number of hydrogen-bond donors (Lipinski definition) is 1. The van der Waals surface area contributed by atoms with Gasteiger partial charge >= 0.3 is 5.97 Å². The van der Waals surface area contributed by atoms with Gasteiger partial charge in [0, 0.05) is 6.54 Å². The van der Waals surface area contributed by atoms with Gasteiger partial charge in [-0.1, -0.05) is 0 Å². The monoisotopic (exact) mass is 196 g/mol. The molecule has 4 heteroatoms. The molecular weight excluding hydrogens is 180 g/mol. The van der Waals surface area contributed by atoms with Gasteiger partial charge in [0.05, 0.1) is 24.5 Å². The zero-order chi connectivity index (χ0) is 10.4. The molecule has 0 aliphatic carbocycles. The van der Waals surface area contributed by atoms with Crippen molar-refractivity contribution in [2.75, 3.05) is 19.7 Å². The first kappa shape index (κ1) is 11.0. The summed E-state index contributed by atoms with van der Waals surface area (Å²) in [6.07, 6.45) is 1.94. The number of carbonyl (C=O) groups is 1. The van der Waals surface area contributed by atoms with Crippen LogP contribution in [0.3, 0.4) is 0 Å². The third-order valence-corrected chi connectivity index (χ3v) is 2.60. The quantitative estimate of drug-likeness (QED) is 0.679. The van der Waals surface area contributed by atoms with E-state index in [2.05, 4.69) is 11.4 Å². The number of carbonyl (C=O) groups excluding carboxylic acids is 1. The van der Waals surface area contributed by atoms with Gasteiger partial charge in [-0.15, -0.1) is 0 Å². The molecule has 0 aromatic rings. The highest BCUT2D eigenvalue weighted by atomic mass is 16.5. The molecule has 1 atom stereocenters. The molecule has 0 aromatic carbocycles. The Labute approximate surface area is 84.2 Å². The predicted octanol–water partition coefficient (Wildman–Crippen LogP) is 0.833. The van der Waals surface area contributed by atoms with Crippen LogP contribution >= 0.6 is 0 Å². The summed E-state index contributed by atoms with van der Waals surface area (Å²) in [6.45, 7) is 3.66. The lowest BCUT2D eigenvalue weighted by Gasteiger charge is -2.33. The van der Waals surface area contributed by atoms with Crippen LogP contribution in [0.4, 0.5) is 0 Å². The van der Waals surface area contributed by atoms with Gasteiger partial charge in [-0.25, -0.2) is 0 Å². The summed E-state index contributed by atoms with van der Waals surface area (Å²) >= 11 is 0. The SMILES string of the molecule is CCOC(=O)C1(CC#N)CCCNC1. The highest BCUT2D eigenvalue weighted by Gasteiger charge is 2.40. The van der Waals surface area contributed by atoms with Crippen molar-refractivity contribution in [2.24, 2.45) is 5.41 Å². The van der Waals surface area contributed by atoms with Gasteiger partial charge in [-0.2, -0.15) is 5.26 Å². The Morgan fingerprint density at radius 3 is 3.00 bits per heavy atom. The van der Waals surface area contributed by atoms with Crippen molar-refractivity contribution in [1.82, 2.24) is 5.32 Å². The first-order chi connectivity index (χ1) is 6.75. The molecule has 4 nitrogen and oxygen atoms in total. The van der Waals surface area contributed by atoms with E-state index in [1.54, 1.807) is 6.92 Å². The second kappa shape index (κ2) is 4.97. The molecule has 14 heavy (non-hydrogen) atoms. The molecular formula is C10H16N2O2. The van der Waals surface area contributed by atoms with E-state index in [1.165, 1.54) is 0 Å². The molecule has 0 aromatic heterocycles. The summed E-state index contributed by atoms with van der Waals surface area (Å²) in [4.78, 5) is 11.7. The largest absolute Gasteiger partial charge is 0.465 e. The average molecular weight is 196 g/mol. The molecule has 0 saturated carbocycles. The molecule has 1 rings (SSSR count). The summed E-state index contributed by atoms with van der Waals surface area (Å²) in [7, 11) is 0. The van der Waals surface area contributed by atoms with Crippen LogP contribution in [-0.4, -0.2) is 25.7 Å². The number of ether oxygens (including phenoxy) is 1. The maximum atomic E-state index is 11.7. The van der Waals surface area contributed by atoms with Gasteiger partial charge in [0.2, 0.25) is 0 Å². The summed E-state index contributed by atoms with van der Waals surface area (Å²) in [6, 6.07) is 2.08. The molecule has 0 spiro atoms. The molecule has 1 fully saturated rings. The molecule has 1 aliphatic heterocycles. The van der Waals surface area contributed by atoms with Crippen molar-refractivity contribution in [3.63, 3.8) is 0 Å². The Morgan fingerprint density at radius 2 is 2.50 bits per heavy atom. The summed E-state index contributed by atoms with van der Waals surface area (Å²) in [5.74, 6) is -0.228. The van der Waals surface area contributed by atoms with Crippen molar-refractivity contribution in [3.05, 3.63) is 0 Å². The Balaban J connectivity index is 2.69. The van der Waals surface area contributed by atoms with E-state index in [0.29, 0.717) is 13.2 Å². The van der Waals surface area contributed by atoms with E-state index in [-0.39, 0.29) is 12.4 Å². The minimum atomic E-state index is -0.594. The Hall–Kier alpha value is -1.08. The van der Waals surface area contributed by atoms with Crippen LogP contribution in [0.15, 0.2) is 0 Å². The normalized spacial score (nSPS) is 26.6. The maximum Gasteiger partial charge on any atom is 0.314 e. The lowest BCUT2D eigenvalue weighted by atomic mass is 9.78. The second-order valence-electron chi connectivity index (χ2n) is 3.62. The topological polar surface area (TPSA) is 62.1 Å². The van der Waals surface area contributed by atoms with Gasteiger partial charge in [0.25, 0.3) is 0 Å².